The molecule has 0 saturated heterocycles. The Hall–Kier alpha value is -2.70. The topological polar surface area (TPSA) is 115 Å². The van der Waals surface area contributed by atoms with E-state index in [1.807, 2.05) is 0 Å². The summed E-state index contributed by atoms with van der Waals surface area (Å²) in [5.74, 6) is -4.66. The smallest absolute Gasteiger partial charge is 0.288 e. The normalized spacial score (nSPS) is 16.0. The van der Waals surface area contributed by atoms with Crippen LogP contribution in [-0.4, -0.2) is 30.1 Å². The molecule has 0 saturated carbocycles. The van der Waals surface area contributed by atoms with Crippen molar-refractivity contribution in [2.75, 3.05) is 11.9 Å². The van der Waals surface area contributed by atoms with Crippen molar-refractivity contribution < 1.29 is 24.3 Å². The van der Waals surface area contributed by atoms with Crippen LogP contribution in [-0.2, 0) is 19.2 Å². The number of carbonyl (C=O) groups is 4. The van der Waals surface area contributed by atoms with E-state index in [-0.39, 0.29) is 19.4 Å². The highest BCUT2D eigenvalue weighted by Gasteiger charge is 2.39. The Morgan fingerprint density at radius 3 is 2.67 bits per heavy atom. The van der Waals surface area contributed by atoms with E-state index in [9.17, 15) is 24.3 Å². The van der Waals surface area contributed by atoms with Crippen molar-refractivity contribution in [1.29, 1.82) is 0 Å². The molecule has 2 amide bonds. The van der Waals surface area contributed by atoms with E-state index in [0.717, 1.165) is 0 Å². The van der Waals surface area contributed by atoms with Gasteiger partial charge >= 0.3 is 0 Å². The van der Waals surface area contributed by atoms with E-state index in [4.69, 9.17) is 0 Å². The molecule has 1 heterocycles. The summed E-state index contributed by atoms with van der Waals surface area (Å²) in [6.07, 6.45) is -0.0456. The monoisotopic (exact) mass is 289 g/mol. The molecular formula is C14H13N2O5-. The number of carboxylic acids is 1. The van der Waals surface area contributed by atoms with Gasteiger partial charge in [-0.05, 0) is 24.5 Å². The lowest BCUT2D eigenvalue weighted by molar-refractivity contribution is -0.305. The Kier molecular flexibility index (Phi) is 4.32. The molecule has 0 spiro atoms. The highest BCUT2D eigenvalue weighted by atomic mass is 16.4. The molecule has 0 aromatic heterocycles. The van der Waals surface area contributed by atoms with Crippen LogP contribution < -0.4 is 15.7 Å². The minimum absolute atomic E-state index is 0.0362. The second-order valence-corrected chi connectivity index (χ2v) is 4.61. The third-order valence-electron chi connectivity index (χ3n) is 3.12. The summed E-state index contributed by atoms with van der Waals surface area (Å²) in [6.45, 7) is 0.0362. The first-order chi connectivity index (χ1) is 10.0. The SMILES string of the molecule is O=C([O-])CCCNC(=O)C(=O)[C@@H]1C(=O)Nc2ccccc21. The van der Waals surface area contributed by atoms with Crippen LogP contribution in [0, 0.1) is 0 Å². The van der Waals surface area contributed by atoms with Crippen molar-refractivity contribution in [2.24, 2.45) is 0 Å². The van der Waals surface area contributed by atoms with Crippen LogP contribution in [0.1, 0.15) is 24.3 Å². The van der Waals surface area contributed by atoms with Gasteiger partial charge in [-0.3, -0.25) is 14.4 Å². The zero-order chi connectivity index (χ0) is 15.4. The lowest BCUT2D eigenvalue weighted by atomic mass is 9.95. The van der Waals surface area contributed by atoms with Gasteiger partial charge in [0.1, 0.15) is 5.92 Å². The number of rotatable bonds is 6. The van der Waals surface area contributed by atoms with Gasteiger partial charge < -0.3 is 20.5 Å². The molecule has 1 aromatic carbocycles. The number of ketones is 1. The van der Waals surface area contributed by atoms with Crippen LogP contribution in [0.25, 0.3) is 0 Å². The number of carboxylic acid groups (broad SMARTS) is 1. The standard InChI is InChI=1S/C14H14N2O5/c17-10(18)6-3-7-15-14(21)12(19)11-8-4-1-2-5-9(8)16-13(11)20/h1-2,4-5,11H,3,6-7H2,(H,15,21)(H,16,20)(H,17,18)/p-1/t11-/m1/s1. The third-order valence-corrected chi connectivity index (χ3v) is 3.12. The van der Waals surface area contributed by atoms with Gasteiger partial charge in [-0.2, -0.15) is 0 Å². The Balaban J connectivity index is 1.98. The zero-order valence-electron chi connectivity index (χ0n) is 11.0. The predicted octanol–water partition coefficient (Wildman–Crippen LogP) is -1.06. The molecular weight excluding hydrogens is 276 g/mol. The minimum Gasteiger partial charge on any atom is -0.550 e. The molecule has 1 aliphatic heterocycles. The molecule has 2 rings (SSSR count). The van der Waals surface area contributed by atoms with E-state index in [1.165, 1.54) is 0 Å². The molecule has 0 fully saturated rings. The Labute approximate surface area is 120 Å². The summed E-state index contributed by atoms with van der Waals surface area (Å²) in [5, 5.41) is 15.1. The largest absolute Gasteiger partial charge is 0.550 e. The highest BCUT2D eigenvalue weighted by molar-refractivity contribution is 6.44. The number of benzene rings is 1. The summed E-state index contributed by atoms with van der Waals surface area (Å²) < 4.78 is 0. The van der Waals surface area contributed by atoms with Crippen LogP contribution >= 0.6 is 0 Å². The second-order valence-electron chi connectivity index (χ2n) is 4.61. The maximum absolute atomic E-state index is 12.0. The van der Waals surface area contributed by atoms with E-state index < -0.39 is 29.5 Å². The molecule has 7 nitrogen and oxygen atoms in total. The van der Waals surface area contributed by atoms with Crippen molar-refractivity contribution in [3.8, 4) is 0 Å². The molecule has 0 bridgehead atoms. The Morgan fingerprint density at radius 1 is 1.24 bits per heavy atom. The number of aliphatic carboxylic acids is 1. The number of anilines is 1. The van der Waals surface area contributed by atoms with E-state index in [0.29, 0.717) is 11.3 Å². The fourth-order valence-corrected chi connectivity index (χ4v) is 2.12. The lowest BCUT2D eigenvalue weighted by Crippen LogP contribution is -2.37. The average molecular weight is 289 g/mol. The molecule has 21 heavy (non-hydrogen) atoms. The van der Waals surface area contributed by atoms with Gasteiger partial charge in [0, 0.05) is 18.2 Å². The third kappa shape index (κ3) is 3.25. The first-order valence-corrected chi connectivity index (χ1v) is 6.42. The second kappa shape index (κ2) is 6.17. The van der Waals surface area contributed by atoms with Gasteiger partial charge in [-0.15, -0.1) is 0 Å². The van der Waals surface area contributed by atoms with Crippen LogP contribution in [0.3, 0.4) is 0 Å². The highest BCUT2D eigenvalue weighted by Crippen LogP contribution is 2.32. The summed E-state index contributed by atoms with van der Waals surface area (Å²) in [6, 6.07) is 6.65. The fourth-order valence-electron chi connectivity index (χ4n) is 2.12. The van der Waals surface area contributed by atoms with Crippen LogP contribution in [0.5, 0.6) is 0 Å². The molecule has 1 aromatic rings. The van der Waals surface area contributed by atoms with Gasteiger partial charge in [-0.1, -0.05) is 18.2 Å². The first-order valence-electron chi connectivity index (χ1n) is 6.42. The van der Waals surface area contributed by atoms with E-state index >= 15 is 0 Å². The lowest BCUT2D eigenvalue weighted by Gasteiger charge is -2.08. The van der Waals surface area contributed by atoms with Crippen molar-refractivity contribution in [2.45, 2.75) is 18.8 Å². The quantitative estimate of drug-likeness (QED) is 0.393. The zero-order valence-corrected chi connectivity index (χ0v) is 11.0. The molecule has 0 radical (unpaired) electrons. The maximum atomic E-state index is 12.0. The number of amides is 2. The number of fused-ring (bicyclic) bond motifs is 1. The minimum atomic E-state index is -1.22. The summed E-state index contributed by atoms with van der Waals surface area (Å²) >= 11 is 0. The molecule has 1 atom stereocenters. The van der Waals surface area contributed by atoms with Gasteiger partial charge in [0.05, 0.1) is 0 Å². The molecule has 2 N–H and O–H groups in total. The van der Waals surface area contributed by atoms with E-state index in [2.05, 4.69) is 10.6 Å². The van der Waals surface area contributed by atoms with Crippen LogP contribution in [0.15, 0.2) is 24.3 Å². The van der Waals surface area contributed by atoms with Crippen molar-refractivity contribution in [3.63, 3.8) is 0 Å². The summed E-state index contributed by atoms with van der Waals surface area (Å²) in [5.41, 5.74) is 0.989. The fraction of sp³-hybridized carbons (Fsp3) is 0.286. The molecule has 7 heteroatoms. The van der Waals surface area contributed by atoms with Gasteiger partial charge in [0.25, 0.3) is 5.91 Å². The van der Waals surface area contributed by atoms with Crippen LogP contribution in [0.2, 0.25) is 0 Å². The van der Waals surface area contributed by atoms with Gasteiger partial charge in [0.2, 0.25) is 11.7 Å². The molecule has 1 aliphatic rings. The van der Waals surface area contributed by atoms with Crippen LogP contribution in [0.4, 0.5) is 5.69 Å². The van der Waals surface area contributed by atoms with Crippen molar-refractivity contribution >= 4 is 29.3 Å². The number of hydrogen-bond donors (Lipinski definition) is 2. The molecule has 0 unspecified atom stereocenters. The Bertz CT molecular complexity index is 611. The average Bonchev–Trinajstić information content (AvgIpc) is 2.78. The number of carbonyl (C=O) groups excluding carboxylic acids is 4. The maximum Gasteiger partial charge on any atom is 0.288 e. The Morgan fingerprint density at radius 2 is 1.95 bits per heavy atom. The van der Waals surface area contributed by atoms with Gasteiger partial charge in [0.15, 0.2) is 0 Å². The van der Waals surface area contributed by atoms with E-state index in [1.54, 1.807) is 24.3 Å². The predicted molar refractivity (Wildman–Crippen MR) is 70.1 cm³/mol. The number of para-hydroxylation sites is 1. The summed E-state index contributed by atoms with van der Waals surface area (Å²) in [4.78, 5) is 45.8. The van der Waals surface area contributed by atoms with Crippen molar-refractivity contribution in [3.05, 3.63) is 29.8 Å². The van der Waals surface area contributed by atoms with Gasteiger partial charge in [-0.25, -0.2) is 0 Å². The summed E-state index contributed by atoms with van der Waals surface area (Å²) in [7, 11) is 0. The van der Waals surface area contributed by atoms with Crippen molar-refractivity contribution in [1.82, 2.24) is 5.32 Å². The number of hydrogen-bond acceptors (Lipinski definition) is 5. The molecule has 110 valence electrons. The number of nitrogens with one attached hydrogen (secondary N) is 2. The molecule has 0 aliphatic carbocycles. The first kappa shape index (κ1) is 14.7. The number of Topliss-reactive ketones (excluding diaryl/α,β-unsaturated/α-hetero) is 1.